The molecule has 0 aromatic rings. The number of nitrogens with two attached hydrogens (primary N) is 1. The van der Waals surface area contributed by atoms with Crippen molar-refractivity contribution in [3.8, 4) is 0 Å². The molecule has 0 heterocycles. The molecule has 60 valence electrons. The molecule has 4 heteroatoms. The molecule has 0 atom stereocenters. The molecule has 0 amide bonds. The summed E-state index contributed by atoms with van der Waals surface area (Å²) in [6, 6.07) is 0. The third-order valence-corrected chi connectivity index (χ3v) is 0.129. The van der Waals surface area contributed by atoms with E-state index in [-0.39, 0.29) is 6.61 Å². The van der Waals surface area contributed by atoms with Crippen molar-refractivity contribution in [1.29, 1.82) is 5.41 Å². The Hall–Kier alpha value is -0.960. The fourth-order valence-electron chi connectivity index (χ4n) is 0. The third-order valence-electron chi connectivity index (χ3n) is 0.129. The number of aldehydes is 1. The maximum Gasteiger partial charge on any atom is 0.116 e. The number of rotatable bonds is 1. The first-order valence-electron chi connectivity index (χ1n) is 2.64. The van der Waals surface area contributed by atoms with Crippen molar-refractivity contribution in [3.63, 3.8) is 0 Å². The van der Waals surface area contributed by atoms with Gasteiger partial charge in [0.2, 0.25) is 0 Å². The van der Waals surface area contributed by atoms with E-state index in [1.807, 2.05) is 0 Å². The van der Waals surface area contributed by atoms with Crippen LogP contribution in [0.5, 0.6) is 0 Å². The fraction of sp³-hybridized carbons (Fsp3) is 0.500. The van der Waals surface area contributed by atoms with E-state index in [0.29, 0.717) is 6.54 Å². The van der Waals surface area contributed by atoms with Crippen molar-refractivity contribution in [2.24, 2.45) is 5.73 Å². The molecule has 0 aliphatic carbocycles. The highest BCUT2D eigenvalue weighted by Gasteiger charge is 1.56. The number of carbonyl (C=O) groups excluding carboxylic acids is 1. The summed E-state index contributed by atoms with van der Waals surface area (Å²) >= 11 is 0. The average molecular weight is 146 g/mol. The molecule has 0 rings (SSSR count). The van der Waals surface area contributed by atoms with Crippen LogP contribution in [-0.4, -0.2) is 30.4 Å². The predicted molar refractivity (Wildman–Crippen MR) is 41.2 cm³/mol. The van der Waals surface area contributed by atoms with Gasteiger partial charge in [-0.25, -0.2) is 0 Å². The van der Waals surface area contributed by atoms with Crippen LogP contribution in [0.25, 0.3) is 0 Å². The molecule has 0 radical (unpaired) electrons. The fourth-order valence-corrected chi connectivity index (χ4v) is 0. The van der Waals surface area contributed by atoms with E-state index < -0.39 is 0 Å². The highest BCUT2D eigenvalue weighted by molar-refractivity contribution is 5.44. The Morgan fingerprint density at radius 1 is 1.90 bits per heavy atom. The van der Waals surface area contributed by atoms with Crippen LogP contribution in [0.4, 0.5) is 0 Å². The summed E-state index contributed by atoms with van der Waals surface area (Å²) < 4.78 is 0. The van der Waals surface area contributed by atoms with Gasteiger partial charge in [-0.1, -0.05) is 0 Å². The summed E-state index contributed by atoms with van der Waals surface area (Å²) in [7, 11) is 0. The molecular weight excluding hydrogens is 132 g/mol. The quantitative estimate of drug-likeness (QED) is 0.346. The minimum Gasteiger partial charge on any atom is -0.395 e. The summed E-state index contributed by atoms with van der Waals surface area (Å²) in [4.78, 5) is 8.81. The molecule has 0 aliphatic heterocycles. The van der Waals surface area contributed by atoms with Crippen molar-refractivity contribution in [3.05, 3.63) is 6.58 Å². The van der Waals surface area contributed by atoms with Crippen LogP contribution in [0, 0.1) is 5.41 Å². The van der Waals surface area contributed by atoms with Crippen LogP contribution in [0.15, 0.2) is 6.58 Å². The molecule has 0 aromatic carbocycles. The number of aliphatic hydroxyl groups is 1. The Balaban J connectivity index is -0.0000000750. The van der Waals surface area contributed by atoms with Crippen LogP contribution < -0.4 is 5.73 Å². The van der Waals surface area contributed by atoms with Crippen molar-refractivity contribution >= 4 is 12.2 Å². The van der Waals surface area contributed by atoms with Gasteiger partial charge in [-0.3, -0.25) is 5.41 Å². The summed E-state index contributed by atoms with van der Waals surface area (Å²) in [5, 5.41) is 13.6. The van der Waals surface area contributed by atoms with Crippen LogP contribution in [0.1, 0.15) is 6.92 Å². The second-order valence-corrected chi connectivity index (χ2v) is 0.925. The van der Waals surface area contributed by atoms with E-state index >= 15 is 0 Å². The minimum absolute atomic E-state index is 0.0972. The topological polar surface area (TPSA) is 87.2 Å². The highest BCUT2D eigenvalue weighted by atomic mass is 16.3. The van der Waals surface area contributed by atoms with Crippen LogP contribution in [-0.2, 0) is 4.79 Å². The summed E-state index contributed by atoms with van der Waals surface area (Å²) in [6.07, 6.45) is 0.750. The molecule has 0 unspecified atom stereocenters. The molecule has 0 saturated carbocycles. The van der Waals surface area contributed by atoms with Crippen molar-refractivity contribution in [2.45, 2.75) is 6.92 Å². The third kappa shape index (κ3) is 161000. The number of hydrogen-bond acceptors (Lipinski definition) is 4. The molecule has 0 spiro atoms. The minimum atomic E-state index is 0.0972. The second-order valence-electron chi connectivity index (χ2n) is 0.925. The number of nitrogens with one attached hydrogen (secondary N) is 1. The average Bonchev–Trinajstić information content (AvgIpc) is 1.91. The Labute approximate surface area is 60.9 Å². The van der Waals surface area contributed by atoms with E-state index in [4.69, 9.17) is 21.0 Å². The molecule has 4 N–H and O–H groups in total. The van der Waals surface area contributed by atoms with Crippen LogP contribution >= 0.6 is 0 Å². The molecule has 0 bridgehead atoms. The molecule has 10 heavy (non-hydrogen) atoms. The standard InChI is InChI=1S/C2H7NO.C2H3N.C2H4O/c3-1-2-4;2*1-2-3/h4H,1-3H2;3H,1H2;2H,1H3. The lowest BCUT2D eigenvalue weighted by Gasteiger charge is -1.71. The van der Waals surface area contributed by atoms with Gasteiger partial charge >= 0.3 is 0 Å². The lowest BCUT2D eigenvalue weighted by molar-refractivity contribution is -0.106. The Kier molecular flexibility index (Phi) is 69.1. The van der Waals surface area contributed by atoms with Gasteiger partial charge in [-0.05, 0) is 19.4 Å². The molecule has 0 aliphatic rings. The van der Waals surface area contributed by atoms with Crippen molar-refractivity contribution in [1.82, 2.24) is 0 Å². The Morgan fingerprint density at radius 3 is 2.00 bits per heavy atom. The largest absolute Gasteiger partial charge is 0.395 e. The summed E-state index contributed by atoms with van der Waals surface area (Å²) in [5.41, 5.74) is 4.78. The maximum atomic E-state index is 8.81. The first-order chi connectivity index (χ1) is 4.74. The molecule has 4 nitrogen and oxygen atoms in total. The summed E-state index contributed by atoms with van der Waals surface area (Å²) in [5.74, 6) is 1.75. The van der Waals surface area contributed by atoms with Crippen LogP contribution in [0.3, 0.4) is 0 Å². The zero-order chi connectivity index (χ0) is 8.83. The summed E-state index contributed by atoms with van der Waals surface area (Å²) in [6.45, 7) is 4.82. The SMILES string of the molecule is C=C=N.CC=O.NCCO. The van der Waals surface area contributed by atoms with Gasteiger partial charge in [0.15, 0.2) is 0 Å². The van der Waals surface area contributed by atoms with Crippen LogP contribution in [0.2, 0.25) is 0 Å². The monoisotopic (exact) mass is 146 g/mol. The van der Waals surface area contributed by atoms with Gasteiger partial charge in [0.05, 0.1) is 6.61 Å². The lowest BCUT2D eigenvalue weighted by Crippen LogP contribution is -2.02. The van der Waals surface area contributed by atoms with Gasteiger partial charge < -0.3 is 15.6 Å². The first kappa shape index (κ1) is 16.0. The smallest absolute Gasteiger partial charge is 0.116 e. The van der Waals surface area contributed by atoms with Gasteiger partial charge in [0.25, 0.3) is 0 Å². The van der Waals surface area contributed by atoms with E-state index in [0.717, 1.165) is 6.29 Å². The van der Waals surface area contributed by atoms with E-state index in [1.165, 1.54) is 6.92 Å². The van der Waals surface area contributed by atoms with Crippen molar-refractivity contribution < 1.29 is 9.90 Å². The normalized spacial score (nSPS) is 5.10. The molecular formula is C6H14N2O2. The second kappa shape index (κ2) is 43.1. The molecule has 0 aromatic heterocycles. The molecule has 0 fully saturated rings. The van der Waals surface area contributed by atoms with Gasteiger partial charge in [-0.15, -0.1) is 0 Å². The predicted octanol–water partition coefficient (Wildman–Crippen LogP) is -0.437. The number of hydrogen-bond donors (Lipinski definition) is 3. The number of aliphatic hydroxyl groups excluding tert-OH is 1. The zero-order valence-corrected chi connectivity index (χ0v) is 6.13. The first-order valence-corrected chi connectivity index (χ1v) is 2.64. The van der Waals surface area contributed by atoms with Crippen molar-refractivity contribution in [2.75, 3.05) is 13.2 Å². The molecule has 0 saturated heterocycles. The van der Waals surface area contributed by atoms with E-state index in [2.05, 4.69) is 6.58 Å². The van der Waals surface area contributed by atoms with Gasteiger partial charge in [-0.2, -0.15) is 0 Å². The number of carbonyl (C=O) groups is 1. The van der Waals surface area contributed by atoms with Gasteiger partial charge in [0.1, 0.15) is 6.29 Å². The lowest BCUT2D eigenvalue weighted by atomic mass is 10.8. The zero-order valence-electron chi connectivity index (χ0n) is 6.13. The van der Waals surface area contributed by atoms with E-state index in [1.54, 1.807) is 5.87 Å². The Morgan fingerprint density at radius 2 is 2.00 bits per heavy atom. The van der Waals surface area contributed by atoms with Gasteiger partial charge in [0, 0.05) is 6.54 Å². The Bertz CT molecular complexity index is 75.8. The maximum absolute atomic E-state index is 8.81. The highest BCUT2D eigenvalue weighted by Crippen LogP contribution is 1.33. The van der Waals surface area contributed by atoms with E-state index in [9.17, 15) is 0 Å².